The second-order valence-electron chi connectivity index (χ2n) is 2.73. The van der Waals surface area contributed by atoms with Gasteiger partial charge in [0.25, 0.3) is 0 Å². The van der Waals surface area contributed by atoms with E-state index < -0.39 is 0 Å². The van der Waals surface area contributed by atoms with Gasteiger partial charge in [0.05, 0.1) is 11.8 Å². The van der Waals surface area contributed by atoms with Crippen LogP contribution in [-0.2, 0) is 0 Å². The normalized spacial score (nSPS) is 11.3. The average molecular weight is 219 g/mol. The summed E-state index contributed by atoms with van der Waals surface area (Å²) in [7, 11) is 0. The molecule has 1 aromatic carbocycles. The number of ether oxygens (including phenoxy) is 1. The van der Waals surface area contributed by atoms with Crippen molar-refractivity contribution in [1.82, 2.24) is 0 Å². The Kier molecular flexibility index (Phi) is 4.34. The number of nitrogens with zero attached hydrogens (tertiary/aromatic N) is 3. The Balaban J connectivity index is 2.72. The smallest absolute Gasteiger partial charge is 0.138 e. The van der Waals surface area contributed by atoms with Crippen molar-refractivity contribution in [3.63, 3.8) is 0 Å². The largest absolute Gasteiger partial charge is 0.486 e. The maximum absolute atomic E-state index is 8.77. The van der Waals surface area contributed by atoms with E-state index in [0.717, 1.165) is 6.21 Å². The molecule has 6 heteroatoms. The van der Waals surface area contributed by atoms with Gasteiger partial charge in [-0.3, -0.25) is 0 Å². The highest BCUT2D eigenvalue weighted by atomic mass is 16.5. The lowest BCUT2D eigenvalue weighted by Crippen LogP contribution is -2.13. The Labute approximate surface area is 91.7 Å². The van der Waals surface area contributed by atoms with E-state index in [-0.39, 0.29) is 12.3 Å². The molecule has 0 amide bonds. The first kappa shape index (κ1) is 11.5. The van der Waals surface area contributed by atoms with Crippen LogP contribution in [0.5, 0.6) is 5.75 Å². The van der Waals surface area contributed by atoms with Crippen LogP contribution in [0.3, 0.4) is 0 Å². The summed E-state index contributed by atoms with van der Waals surface area (Å²) in [5.41, 5.74) is 0.413. The van der Waals surface area contributed by atoms with E-state index in [1.54, 1.807) is 24.3 Å². The molecule has 0 fully saturated rings. The molecule has 0 aliphatic rings. The van der Waals surface area contributed by atoms with Crippen LogP contribution in [0.15, 0.2) is 34.6 Å². The fourth-order valence-electron chi connectivity index (χ4n) is 0.995. The van der Waals surface area contributed by atoms with Crippen molar-refractivity contribution in [3.05, 3.63) is 29.8 Å². The number of oxime groups is 2. The van der Waals surface area contributed by atoms with Crippen LogP contribution >= 0.6 is 0 Å². The van der Waals surface area contributed by atoms with Crippen LogP contribution in [0, 0.1) is 11.3 Å². The third-order valence-electron chi connectivity index (χ3n) is 1.72. The molecule has 6 nitrogen and oxygen atoms in total. The van der Waals surface area contributed by atoms with Crippen LogP contribution < -0.4 is 4.74 Å². The molecule has 0 saturated carbocycles. The second kappa shape index (κ2) is 6.03. The molecule has 0 aliphatic heterocycles. The van der Waals surface area contributed by atoms with Crippen molar-refractivity contribution in [3.8, 4) is 11.8 Å². The number of hydrogen-bond acceptors (Lipinski definition) is 6. The third-order valence-corrected chi connectivity index (χ3v) is 1.72. The van der Waals surface area contributed by atoms with E-state index in [1.165, 1.54) is 0 Å². The minimum Gasteiger partial charge on any atom is -0.486 e. The molecular weight excluding hydrogens is 210 g/mol. The van der Waals surface area contributed by atoms with Gasteiger partial charge in [0.1, 0.15) is 24.1 Å². The Bertz CT molecular complexity index is 449. The highest BCUT2D eigenvalue weighted by Crippen LogP contribution is 2.16. The number of benzene rings is 1. The Morgan fingerprint density at radius 3 is 2.81 bits per heavy atom. The summed E-state index contributed by atoms with van der Waals surface area (Å²) in [6, 6.07) is 8.60. The SMILES string of the molecule is N#Cc1ccccc1OCC(/C=N/O)=N/O. The van der Waals surface area contributed by atoms with Crippen molar-refractivity contribution in [2.75, 3.05) is 6.61 Å². The molecule has 16 heavy (non-hydrogen) atoms. The van der Waals surface area contributed by atoms with Crippen molar-refractivity contribution < 1.29 is 15.2 Å². The van der Waals surface area contributed by atoms with E-state index in [1.807, 2.05) is 6.07 Å². The van der Waals surface area contributed by atoms with Gasteiger partial charge >= 0.3 is 0 Å². The Morgan fingerprint density at radius 1 is 1.44 bits per heavy atom. The summed E-state index contributed by atoms with van der Waals surface area (Å²) in [6.45, 7) is -0.0980. The van der Waals surface area contributed by atoms with Crippen molar-refractivity contribution in [2.45, 2.75) is 0 Å². The summed E-state index contributed by atoms with van der Waals surface area (Å²) in [4.78, 5) is 0. The first-order valence-electron chi connectivity index (χ1n) is 4.32. The van der Waals surface area contributed by atoms with Crippen LogP contribution in [-0.4, -0.2) is 28.9 Å². The molecule has 0 atom stereocenters. The van der Waals surface area contributed by atoms with Gasteiger partial charge in [-0.1, -0.05) is 22.4 Å². The van der Waals surface area contributed by atoms with Crippen molar-refractivity contribution >= 4 is 11.9 Å². The lowest BCUT2D eigenvalue weighted by atomic mass is 10.2. The highest BCUT2D eigenvalue weighted by Gasteiger charge is 2.03. The maximum atomic E-state index is 8.77. The molecule has 1 aromatic rings. The minimum atomic E-state index is -0.0980. The highest BCUT2D eigenvalue weighted by molar-refractivity contribution is 6.30. The van der Waals surface area contributed by atoms with Gasteiger partial charge in [0.15, 0.2) is 0 Å². The molecule has 0 aromatic heterocycles. The molecule has 0 spiro atoms. The van der Waals surface area contributed by atoms with Gasteiger partial charge in [-0.2, -0.15) is 5.26 Å². The van der Waals surface area contributed by atoms with E-state index in [0.29, 0.717) is 11.3 Å². The molecule has 0 heterocycles. The van der Waals surface area contributed by atoms with Crippen LogP contribution in [0.25, 0.3) is 0 Å². The molecule has 0 aliphatic carbocycles. The molecule has 0 bridgehead atoms. The van der Waals surface area contributed by atoms with Crippen molar-refractivity contribution in [2.24, 2.45) is 10.3 Å². The lowest BCUT2D eigenvalue weighted by molar-refractivity contribution is 0.306. The Hall–Kier alpha value is -2.55. The van der Waals surface area contributed by atoms with Gasteiger partial charge in [-0.15, -0.1) is 0 Å². The lowest BCUT2D eigenvalue weighted by Gasteiger charge is -2.05. The standard InChI is InChI=1S/C10H9N3O3/c11-5-8-3-1-2-4-10(8)16-7-9(13-15)6-12-14/h1-4,6,14-15H,7H2/b12-6+,13-9+. The fourth-order valence-corrected chi connectivity index (χ4v) is 0.995. The van der Waals surface area contributed by atoms with Gasteiger partial charge < -0.3 is 15.2 Å². The Morgan fingerprint density at radius 2 is 2.19 bits per heavy atom. The zero-order valence-corrected chi connectivity index (χ0v) is 8.24. The van der Waals surface area contributed by atoms with E-state index >= 15 is 0 Å². The van der Waals surface area contributed by atoms with E-state index in [4.69, 9.17) is 20.4 Å². The van der Waals surface area contributed by atoms with E-state index in [2.05, 4.69) is 10.3 Å². The van der Waals surface area contributed by atoms with Crippen LogP contribution in [0.1, 0.15) is 5.56 Å². The maximum Gasteiger partial charge on any atom is 0.138 e. The molecular formula is C10H9N3O3. The summed E-state index contributed by atoms with van der Waals surface area (Å²) >= 11 is 0. The van der Waals surface area contributed by atoms with Gasteiger partial charge in [-0.25, -0.2) is 0 Å². The first-order valence-corrected chi connectivity index (χ1v) is 4.32. The van der Waals surface area contributed by atoms with E-state index in [9.17, 15) is 0 Å². The molecule has 0 radical (unpaired) electrons. The average Bonchev–Trinajstić information content (AvgIpc) is 2.34. The first-order chi connectivity index (χ1) is 7.81. The van der Waals surface area contributed by atoms with Crippen LogP contribution in [0.2, 0.25) is 0 Å². The molecule has 0 saturated heterocycles. The summed E-state index contributed by atoms with van der Waals surface area (Å²) in [6.07, 6.45) is 0.939. The van der Waals surface area contributed by atoms with Gasteiger partial charge in [-0.05, 0) is 12.1 Å². The number of para-hydroxylation sites is 1. The number of nitriles is 1. The fraction of sp³-hybridized carbons (Fsp3) is 0.100. The van der Waals surface area contributed by atoms with Gasteiger partial charge in [0, 0.05) is 0 Å². The topological polar surface area (TPSA) is 98.2 Å². The number of hydrogen-bond donors (Lipinski definition) is 2. The predicted molar refractivity (Wildman–Crippen MR) is 56.2 cm³/mol. The zero-order chi connectivity index (χ0) is 11.8. The molecule has 2 N–H and O–H groups in total. The summed E-state index contributed by atoms with van der Waals surface area (Å²) in [5, 5.41) is 31.1. The predicted octanol–water partition coefficient (Wildman–Crippen LogP) is 1.23. The molecule has 1 rings (SSSR count). The number of rotatable bonds is 4. The molecule has 82 valence electrons. The quantitative estimate of drug-likeness (QED) is 0.452. The molecule has 0 unspecified atom stereocenters. The monoisotopic (exact) mass is 219 g/mol. The van der Waals surface area contributed by atoms with Crippen molar-refractivity contribution in [1.29, 1.82) is 5.26 Å². The minimum absolute atomic E-state index is 0.0373. The summed E-state index contributed by atoms with van der Waals surface area (Å²) < 4.78 is 5.22. The van der Waals surface area contributed by atoms with Crippen LogP contribution in [0.4, 0.5) is 0 Å². The zero-order valence-electron chi connectivity index (χ0n) is 8.24. The third kappa shape index (κ3) is 2.99. The summed E-state index contributed by atoms with van der Waals surface area (Å²) in [5.74, 6) is 0.373. The van der Waals surface area contributed by atoms with Gasteiger partial charge in [0.2, 0.25) is 0 Å². The second-order valence-corrected chi connectivity index (χ2v) is 2.73.